The number of likely N-dealkylation sites (N-methyl/N-ethyl adjacent to an activating group) is 1. The zero-order valence-corrected chi connectivity index (χ0v) is 10.1. The van der Waals surface area contributed by atoms with Gasteiger partial charge in [0, 0.05) is 12.1 Å². The smallest absolute Gasteiger partial charge is 0.183 e. The zero-order valence-electron chi connectivity index (χ0n) is 10.1. The van der Waals surface area contributed by atoms with E-state index in [9.17, 15) is 4.39 Å². The van der Waals surface area contributed by atoms with Gasteiger partial charge in [0.05, 0.1) is 13.0 Å². The predicted octanol–water partition coefficient (Wildman–Crippen LogP) is 0.699. The fraction of sp³-hybridized carbons (Fsp3) is 0.364. The minimum atomic E-state index is -0.324. The van der Waals surface area contributed by atoms with Crippen LogP contribution in [0.2, 0.25) is 0 Å². The highest BCUT2D eigenvalue weighted by Gasteiger charge is 2.22. The molecule has 0 amide bonds. The maximum absolute atomic E-state index is 13.4. The van der Waals surface area contributed by atoms with Crippen molar-refractivity contribution < 1.29 is 9.13 Å². The number of aromatic nitrogens is 4. The van der Waals surface area contributed by atoms with Crippen molar-refractivity contribution in [1.82, 2.24) is 25.9 Å². The van der Waals surface area contributed by atoms with Gasteiger partial charge < -0.3 is 10.1 Å². The van der Waals surface area contributed by atoms with Crippen LogP contribution in [0.5, 0.6) is 5.75 Å². The molecule has 1 heterocycles. The molecule has 1 aromatic heterocycles. The molecule has 0 saturated heterocycles. The van der Waals surface area contributed by atoms with E-state index >= 15 is 0 Å². The number of H-pyrrole nitrogens is 1. The first-order chi connectivity index (χ1) is 8.76. The molecule has 0 aliphatic heterocycles. The minimum absolute atomic E-state index is 0.223. The molecule has 0 fully saturated rings. The fourth-order valence-electron chi connectivity index (χ4n) is 1.84. The second-order valence-corrected chi connectivity index (χ2v) is 3.77. The van der Waals surface area contributed by atoms with Gasteiger partial charge in [-0.3, -0.25) is 0 Å². The summed E-state index contributed by atoms with van der Waals surface area (Å²) in [5, 5.41) is 16.9. The Labute approximate surface area is 104 Å². The molecule has 0 aliphatic carbocycles. The van der Waals surface area contributed by atoms with Gasteiger partial charge in [-0.05, 0) is 25.2 Å². The van der Waals surface area contributed by atoms with Crippen LogP contribution in [-0.4, -0.2) is 41.3 Å². The maximum Gasteiger partial charge on any atom is 0.183 e. The number of nitrogens with zero attached hydrogens (tertiary/aromatic N) is 3. The Morgan fingerprint density at radius 2 is 2.33 bits per heavy atom. The summed E-state index contributed by atoms with van der Waals surface area (Å²) in [7, 11) is 3.35. The van der Waals surface area contributed by atoms with Crippen LogP contribution < -0.4 is 10.1 Å². The van der Waals surface area contributed by atoms with E-state index in [1.807, 2.05) is 0 Å². The second kappa shape index (κ2) is 5.54. The molecule has 6 nitrogen and oxygen atoms in total. The van der Waals surface area contributed by atoms with E-state index in [1.54, 1.807) is 20.2 Å². The lowest BCUT2D eigenvalue weighted by atomic mass is 9.97. The molecule has 2 N–H and O–H groups in total. The number of hydrogen-bond donors (Lipinski definition) is 2. The van der Waals surface area contributed by atoms with Crippen LogP contribution in [-0.2, 0) is 0 Å². The summed E-state index contributed by atoms with van der Waals surface area (Å²) in [4.78, 5) is 0. The molecule has 1 aromatic carbocycles. The van der Waals surface area contributed by atoms with Gasteiger partial charge in [-0.1, -0.05) is 5.21 Å². The maximum atomic E-state index is 13.4. The van der Waals surface area contributed by atoms with Gasteiger partial charge in [-0.25, -0.2) is 4.39 Å². The van der Waals surface area contributed by atoms with E-state index in [4.69, 9.17) is 4.74 Å². The van der Waals surface area contributed by atoms with Crippen LogP contribution in [0.4, 0.5) is 4.39 Å². The summed E-state index contributed by atoms with van der Waals surface area (Å²) in [6.45, 7) is 0.555. The van der Waals surface area contributed by atoms with Crippen molar-refractivity contribution in [1.29, 1.82) is 0 Å². The summed E-state index contributed by atoms with van der Waals surface area (Å²) >= 11 is 0. The number of tetrazole rings is 1. The zero-order chi connectivity index (χ0) is 13.0. The summed E-state index contributed by atoms with van der Waals surface area (Å²) in [5.41, 5.74) is 0.688. The van der Waals surface area contributed by atoms with Crippen molar-refractivity contribution in [2.45, 2.75) is 5.92 Å². The number of rotatable bonds is 5. The van der Waals surface area contributed by atoms with Crippen LogP contribution in [0.1, 0.15) is 17.3 Å². The van der Waals surface area contributed by atoms with Crippen LogP contribution >= 0.6 is 0 Å². The normalized spacial score (nSPS) is 12.4. The number of ether oxygens (including phenoxy) is 1. The average Bonchev–Trinajstić information content (AvgIpc) is 2.89. The highest BCUT2D eigenvalue weighted by atomic mass is 19.1. The van der Waals surface area contributed by atoms with E-state index in [-0.39, 0.29) is 11.7 Å². The van der Waals surface area contributed by atoms with Crippen LogP contribution in [0.15, 0.2) is 18.2 Å². The molecule has 2 rings (SSSR count). The van der Waals surface area contributed by atoms with Gasteiger partial charge in [0.15, 0.2) is 5.82 Å². The molecule has 1 unspecified atom stereocenters. The topological polar surface area (TPSA) is 75.7 Å². The molecule has 1 atom stereocenters. The third kappa shape index (κ3) is 2.45. The molecule has 0 spiro atoms. The number of benzene rings is 1. The van der Waals surface area contributed by atoms with E-state index in [0.717, 1.165) is 0 Å². The monoisotopic (exact) mass is 251 g/mol. The van der Waals surface area contributed by atoms with E-state index < -0.39 is 0 Å². The molecule has 0 radical (unpaired) electrons. The SMILES string of the molecule is CNCC(c1nn[nH]n1)c1cc(F)ccc1OC. The molecule has 96 valence electrons. The predicted molar refractivity (Wildman–Crippen MR) is 62.9 cm³/mol. The first-order valence-corrected chi connectivity index (χ1v) is 5.47. The fourth-order valence-corrected chi connectivity index (χ4v) is 1.84. The third-order valence-electron chi connectivity index (χ3n) is 2.65. The number of nitrogens with one attached hydrogen (secondary N) is 2. The molecule has 0 saturated carbocycles. The minimum Gasteiger partial charge on any atom is -0.496 e. The van der Waals surface area contributed by atoms with Crippen molar-refractivity contribution in [2.24, 2.45) is 0 Å². The Hall–Kier alpha value is -2.02. The Bertz CT molecular complexity index is 502. The van der Waals surface area contributed by atoms with E-state index in [1.165, 1.54) is 12.1 Å². The van der Waals surface area contributed by atoms with Crippen molar-refractivity contribution >= 4 is 0 Å². The van der Waals surface area contributed by atoms with Crippen LogP contribution in [0.25, 0.3) is 0 Å². The van der Waals surface area contributed by atoms with Gasteiger partial charge >= 0.3 is 0 Å². The summed E-state index contributed by atoms with van der Waals surface area (Å²) in [5.74, 6) is 0.546. The first kappa shape index (κ1) is 12.4. The molecule has 0 bridgehead atoms. The third-order valence-corrected chi connectivity index (χ3v) is 2.65. The number of halogens is 1. The van der Waals surface area contributed by atoms with Crippen LogP contribution in [0.3, 0.4) is 0 Å². The van der Waals surface area contributed by atoms with E-state index in [0.29, 0.717) is 23.7 Å². The number of methoxy groups -OCH3 is 1. The van der Waals surface area contributed by atoms with Gasteiger partial charge in [0.25, 0.3) is 0 Å². The van der Waals surface area contributed by atoms with Crippen molar-refractivity contribution in [3.63, 3.8) is 0 Å². The summed E-state index contributed by atoms with van der Waals surface area (Å²) < 4.78 is 18.6. The lowest BCUT2D eigenvalue weighted by Crippen LogP contribution is -2.20. The quantitative estimate of drug-likeness (QED) is 0.818. The molecule has 0 aliphatic rings. The van der Waals surface area contributed by atoms with Crippen LogP contribution in [0, 0.1) is 5.82 Å². The largest absolute Gasteiger partial charge is 0.496 e. The van der Waals surface area contributed by atoms with Crippen molar-refractivity contribution in [2.75, 3.05) is 20.7 Å². The number of hydrogen-bond acceptors (Lipinski definition) is 5. The summed E-state index contributed by atoms with van der Waals surface area (Å²) in [6, 6.07) is 4.37. The van der Waals surface area contributed by atoms with Gasteiger partial charge in [0.2, 0.25) is 0 Å². The lowest BCUT2D eigenvalue weighted by Gasteiger charge is -2.16. The number of aromatic amines is 1. The Balaban J connectivity index is 2.45. The standard InChI is InChI=1S/C11H14FN5O/c1-13-6-9(11-14-16-17-15-11)8-5-7(12)3-4-10(8)18-2/h3-5,9,13H,6H2,1-2H3,(H,14,15,16,17). The molecule has 2 aromatic rings. The lowest BCUT2D eigenvalue weighted by molar-refractivity contribution is 0.404. The Morgan fingerprint density at radius 3 is 2.94 bits per heavy atom. The Morgan fingerprint density at radius 1 is 1.50 bits per heavy atom. The van der Waals surface area contributed by atoms with Crippen molar-refractivity contribution in [3.05, 3.63) is 35.4 Å². The summed E-state index contributed by atoms with van der Waals surface area (Å²) in [6.07, 6.45) is 0. The highest BCUT2D eigenvalue weighted by Crippen LogP contribution is 2.30. The molecular weight excluding hydrogens is 237 g/mol. The van der Waals surface area contributed by atoms with Gasteiger partial charge in [-0.15, -0.1) is 10.2 Å². The Kier molecular flexibility index (Phi) is 3.83. The van der Waals surface area contributed by atoms with Crippen molar-refractivity contribution in [3.8, 4) is 5.75 Å². The molecule has 18 heavy (non-hydrogen) atoms. The second-order valence-electron chi connectivity index (χ2n) is 3.77. The van der Waals surface area contributed by atoms with Gasteiger partial charge in [-0.2, -0.15) is 5.21 Å². The molecular formula is C11H14FN5O. The average molecular weight is 251 g/mol. The van der Waals surface area contributed by atoms with Gasteiger partial charge in [0.1, 0.15) is 11.6 Å². The first-order valence-electron chi connectivity index (χ1n) is 5.47. The highest BCUT2D eigenvalue weighted by molar-refractivity contribution is 5.39. The molecule has 7 heteroatoms. The van der Waals surface area contributed by atoms with E-state index in [2.05, 4.69) is 25.9 Å².